The van der Waals surface area contributed by atoms with Crippen molar-refractivity contribution >= 4 is 55.5 Å². The summed E-state index contributed by atoms with van der Waals surface area (Å²) in [5.74, 6) is -0.526. The Bertz CT molecular complexity index is 1410. The van der Waals surface area contributed by atoms with Gasteiger partial charge in [-0.2, -0.15) is 4.31 Å². The summed E-state index contributed by atoms with van der Waals surface area (Å²) in [7, 11) is -4.08. The van der Waals surface area contributed by atoms with Crippen molar-refractivity contribution in [3.63, 3.8) is 0 Å². The van der Waals surface area contributed by atoms with Gasteiger partial charge in [0.05, 0.1) is 24.7 Å². The van der Waals surface area contributed by atoms with Gasteiger partial charge in [-0.3, -0.25) is 9.59 Å². The fourth-order valence-corrected chi connectivity index (χ4v) is 7.32. The summed E-state index contributed by atoms with van der Waals surface area (Å²) in [6, 6.07) is 8.46. The van der Waals surface area contributed by atoms with Gasteiger partial charge in [0.2, 0.25) is 21.8 Å². The molecule has 2 atom stereocenters. The molecule has 12 heteroatoms. The van der Waals surface area contributed by atoms with Crippen molar-refractivity contribution in [2.45, 2.75) is 36.9 Å². The van der Waals surface area contributed by atoms with E-state index in [1.54, 1.807) is 53.7 Å². The molecule has 2 aromatic carbocycles. The summed E-state index contributed by atoms with van der Waals surface area (Å²) in [6.45, 7) is 3.85. The fourth-order valence-electron chi connectivity index (χ4n) is 4.84. The van der Waals surface area contributed by atoms with Gasteiger partial charge in [0.15, 0.2) is 0 Å². The highest BCUT2D eigenvalue weighted by atomic mass is 35.5. The lowest BCUT2D eigenvalue weighted by molar-refractivity contribution is -0.146. The minimum absolute atomic E-state index is 0.0330. The second kappa shape index (κ2) is 10.7. The van der Waals surface area contributed by atoms with Crippen molar-refractivity contribution in [3.8, 4) is 0 Å². The number of thiazole rings is 1. The summed E-state index contributed by atoms with van der Waals surface area (Å²) >= 11 is 7.41. The summed E-state index contributed by atoms with van der Waals surface area (Å²) in [5, 5.41) is 4.46. The second-order valence-electron chi connectivity index (χ2n) is 9.08. The molecule has 2 saturated heterocycles. The van der Waals surface area contributed by atoms with Gasteiger partial charge >= 0.3 is 0 Å². The zero-order valence-corrected chi connectivity index (χ0v) is 22.6. The predicted molar refractivity (Wildman–Crippen MR) is 141 cm³/mol. The van der Waals surface area contributed by atoms with Gasteiger partial charge < -0.3 is 14.5 Å². The first-order valence-electron chi connectivity index (χ1n) is 12.0. The van der Waals surface area contributed by atoms with E-state index in [1.165, 1.54) is 26.6 Å². The van der Waals surface area contributed by atoms with Crippen LogP contribution in [-0.2, 0) is 30.9 Å². The molecule has 0 spiro atoms. The number of morpholine rings is 1. The highest BCUT2D eigenvalue weighted by molar-refractivity contribution is 7.89. The number of carbonyl (C=O) groups excluding carboxylic acids is 2. The van der Waals surface area contributed by atoms with E-state index < -0.39 is 22.1 Å². The van der Waals surface area contributed by atoms with E-state index in [9.17, 15) is 18.0 Å². The zero-order chi connectivity index (χ0) is 26.2. The van der Waals surface area contributed by atoms with Gasteiger partial charge in [-0.15, -0.1) is 11.3 Å². The molecule has 5 rings (SSSR count). The lowest BCUT2D eigenvalue weighted by Gasteiger charge is -2.33. The van der Waals surface area contributed by atoms with Crippen LogP contribution in [0.5, 0.6) is 0 Å². The van der Waals surface area contributed by atoms with Gasteiger partial charge in [-0.25, -0.2) is 13.4 Å². The number of hydrogen-bond acceptors (Lipinski definition) is 7. The molecule has 2 aliphatic rings. The minimum atomic E-state index is -4.08. The SMILES string of the molecule is C[C@@H](C(=O)N1CCOCC1)N1CCC(N(Cc2nccs2)S(=O)(=O)c2ccc3cc(Cl)ccc3c2)C1=O. The van der Waals surface area contributed by atoms with Gasteiger partial charge in [0.25, 0.3) is 0 Å². The summed E-state index contributed by atoms with van der Waals surface area (Å²) < 4.78 is 34.5. The van der Waals surface area contributed by atoms with Crippen LogP contribution in [0.3, 0.4) is 0 Å². The Kier molecular flexibility index (Phi) is 7.51. The van der Waals surface area contributed by atoms with Crippen LogP contribution in [0.4, 0.5) is 0 Å². The van der Waals surface area contributed by atoms with Gasteiger partial charge in [-0.05, 0) is 48.4 Å². The third kappa shape index (κ3) is 5.23. The molecule has 2 fully saturated rings. The normalized spacial score (nSPS) is 19.6. The Labute approximate surface area is 224 Å². The number of halogens is 1. The van der Waals surface area contributed by atoms with E-state index >= 15 is 0 Å². The van der Waals surface area contributed by atoms with Crippen LogP contribution < -0.4 is 0 Å². The molecular weight excluding hydrogens is 536 g/mol. The maximum Gasteiger partial charge on any atom is 0.245 e. The third-order valence-corrected chi connectivity index (χ3v) is 9.71. The van der Waals surface area contributed by atoms with Crippen LogP contribution in [0.2, 0.25) is 5.02 Å². The molecule has 196 valence electrons. The van der Waals surface area contributed by atoms with E-state index in [2.05, 4.69) is 4.98 Å². The molecule has 2 amide bonds. The standard InChI is InChI=1S/C25H27ClN4O5S2/c1-17(24(31)28-9-11-35-12-10-28)29-8-6-22(25(29)32)30(16-23-27-7-13-36-23)37(33,34)21-5-3-18-14-20(26)4-2-19(18)15-21/h2-5,7,13-15,17,22H,6,8-12,16H2,1H3/t17-,22?/m0/s1. The number of carbonyl (C=O) groups is 2. The van der Waals surface area contributed by atoms with Crippen molar-refractivity contribution in [2.24, 2.45) is 0 Å². The Balaban J connectivity index is 1.44. The Morgan fingerprint density at radius 1 is 1.19 bits per heavy atom. The number of nitrogens with zero attached hydrogens (tertiary/aromatic N) is 4. The number of amides is 2. The van der Waals surface area contributed by atoms with Crippen molar-refractivity contribution in [1.29, 1.82) is 0 Å². The van der Waals surface area contributed by atoms with Crippen molar-refractivity contribution in [3.05, 3.63) is 58.0 Å². The fraction of sp³-hybridized carbons (Fsp3) is 0.400. The number of fused-ring (bicyclic) bond motifs is 1. The summed E-state index contributed by atoms with van der Waals surface area (Å²) in [5.41, 5.74) is 0. The molecule has 37 heavy (non-hydrogen) atoms. The number of rotatable bonds is 7. The Morgan fingerprint density at radius 3 is 2.65 bits per heavy atom. The molecule has 1 aromatic heterocycles. The van der Waals surface area contributed by atoms with E-state index in [4.69, 9.17) is 16.3 Å². The highest BCUT2D eigenvalue weighted by Crippen LogP contribution is 2.31. The average molecular weight is 563 g/mol. The number of hydrogen-bond donors (Lipinski definition) is 0. The molecule has 2 aliphatic heterocycles. The van der Waals surface area contributed by atoms with Crippen molar-refractivity contribution < 1.29 is 22.7 Å². The van der Waals surface area contributed by atoms with Crippen molar-refractivity contribution in [2.75, 3.05) is 32.8 Å². The summed E-state index contributed by atoms with van der Waals surface area (Å²) in [4.78, 5) is 34.2. The monoisotopic (exact) mass is 562 g/mol. The van der Waals surface area contributed by atoms with E-state index in [1.807, 2.05) is 0 Å². The maximum absolute atomic E-state index is 14.0. The Morgan fingerprint density at radius 2 is 1.92 bits per heavy atom. The molecule has 3 aromatic rings. The lowest BCUT2D eigenvalue weighted by Crippen LogP contribution is -2.53. The lowest BCUT2D eigenvalue weighted by atomic mass is 10.1. The molecule has 0 N–H and O–H groups in total. The number of likely N-dealkylation sites (tertiary alicyclic amines) is 1. The Hall–Kier alpha value is -2.57. The van der Waals surface area contributed by atoms with Crippen LogP contribution >= 0.6 is 22.9 Å². The molecule has 9 nitrogen and oxygen atoms in total. The van der Waals surface area contributed by atoms with E-state index in [-0.39, 0.29) is 29.7 Å². The van der Waals surface area contributed by atoms with E-state index in [0.29, 0.717) is 42.9 Å². The van der Waals surface area contributed by atoms with Gasteiger partial charge in [0, 0.05) is 36.2 Å². The highest BCUT2D eigenvalue weighted by Gasteiger charge is 2.45. The maximum atomic E-state index is 14.0. The first-order chi connectivity index (χ1) is 17.8. The number of aromatic nitrogens is 1. The quantitative estimate of drug-likeness (QED) is 0.439. The van der Waals surface area contributed by atoms with Crippen LogP contribution in [0.15, 0.2) is 52.9 Å². The summed E-state index contributed by atoms with van der Waals surface area (Å²) in [6.07, 6.45) is 1.89. The van der Waals surface area contributed by atoms with Gasteiger partial charge in [-0.1, -0.05) is 23.7 Å². The average Bonchev–Trinajstić information content (AvgIpc) is 3.56. The van der Waals surface area contributed by atoms with Gasteiger partial charge in [0.1, 0.15) is 17.1 Å². The molecule has 0 bridgehead atoms. The smallest absolute Gasteiger partial charge is 0.245 e. The predicted octanol–water partition coefficient (Wildman–Crippen LogP) is 2.99. The second-order valence-corrected chi connectivity index (χ2v) is 12.4. The van der Waals surface area contributed by atoms with Crippen LogP contribution in [-0.4, -0.2) is 84.3 Å². The number of benzene rings is 2. The molecular formula is C25H27ClN4O5S2. The zero-order valence-electron chi connectivity index (χ0n) is 20.2. The first-order valence-corrected chi connectivity index (χ1v) is 14.7. The molecule has 0 aliphatic carbocycles. The first kappa shape index (κ1) is 26.1. The van der Waals surface area contributed by atoms with E-state index in [0.717, 1.165) is 10.8 Å². The molecule has 3 heterocycles. The molecule has 0 saturated carbocycles. The topological polar surface area (TPSA) is 100 Å². The van der Waals surface area contributed by atoms with Crippen LogP contribution in [0, 0.1) is 0 Å². The molecule has 0 radical (unpaired) electrons. The van der Waals surface area contributed by atoms with Crippen molar-refractivity contribution in [1.82, 2.24) is 19.1 Å². The van der Waals surface area contributed by atoms with Crippen LogP contribution in [0.1, 0.15) is 18.4 Å². The largest absolute Gasteiger partial charge is 0.378 e. The molecule has 1 unspecified atom stereocenters. The number of sulfonamides is 1. The van der Waals surface area contributed by atoms with Crippen LogP contribution in [0.25, 0.3) is 10.8 Å². The minimum Gasteiger partial charge on any atom is -0.378 e. The number of ether oxygens (including phenoxy) is 1. The third-order valence-electron chi connectivity index (χ3n) is 6.86.